The number of piperidine rings is 1. The molecule has 0 bridgehead atoms. The van der Waals surface area contributed by atoms with E-state index in [4.69, 9.17) is 5.11 Å². The molecule has 2 rings (SSSR count). The lowest BCUT2D eigenvalue weighted by molar-refractivity contribution is 0.176. The molecule has 2 unspecified atom stereocenters. The van der Waals surface area contributed by atoms with Gasteiger partial charge in [0.05, 0.1) is 0 Å². The van der Waals surface area contributed by atoms with Crippen molar-refractivity contribution in [3.8, 4) is 0 Å². The maximum Gasteiger partial charge on any atom is 0.0460 e. The molecular formula is C12H16BrNO. The Morgan fingerprint density at radius 2 is 2.07 bits per heavy atom. The minimum Gasteiger partial charge on any atom is -0.396 e. The highest BCUT2D eigenvalue weighted by Crippen LogP contribution is 2.27. The maximum absolute atomic E-state index is 9.16. The van der Waals surface area contributed by atoms with Crippen molar-refractivity contribution in [1.82, 2.24) is 5.32 Å². The molecule has 3 heteroatoms. The molecule has 0 aromatic heterocycles. The highest BCUT2D eigenvalue weighted by molar-refractivity contribution is 9.10. The zero-order valence-electron chi connectivity index (χ0n) is 8.62. The molecule has 0 amide bonds. The number of hydrogen-bond donors (Lipinski definition) is 2. The van der Waals surface area contributed by atoms with Crippen molar-refractivity contribution in [2.75, 3.05) is 13.2 Å². The maximum atomic E-state index is 9.16. The minimum absolute atomic E-state index is 0.314. The molecule has 0 spiro atoms. The third-order valence-electron chi connectivity index (χ3n) is 3.04. The number of nitrogens with one attached hydrogen (secondary N) is 1. The summed E-state index contributed by atoms with van der Waals surface area (Å²) in [4.78, 5) is 0. The first-order valence-electron chi connectivity index (χ1n) is 5.39. The van der Waals surface area contributed by atoms with Crippen molar-refractivity contribution < 1.29 is 5.11 Å². The first-order chi connectivity index (χ1) is 7.29. The number of rotatable bonds is 2. The van der Waals surface area contributed by atoms with Crippen molar-refractivity contribution >= 4 is 15.9 Å². The topological polar surface area (TPSA) is 32.3 Å². The number of benzene rings is 1. The molecule has 2 atom stereocenters. The Labute approximate surface area is 98.8 Å². The highest BCUT2D eigenvalue weighted by Gasteiger charge is 2.21. The minimum atomic E-state index is 0.314. The lowest BCUT2D eigenvalue weighted by Gasteiger charge is -2.29. The van der Waals surface area contributed by atoms with Gasteiger partial charge in [0.1, 0.15) is 0 Å². The van der Waals surface area contributed by atoms with E-state index < -0.39 is 0 Å². The Bertz CT molecular complexity index is 312. The van der Waals surface area contributed by atoms with E-state index in [1.165, 1.54) is 5.56 Å². The van der Waals surface area contributed by atoms with Crippen LogP contribution in [-0.2, 0) is 0 Å². The van der Waals surface area contributed by atoms with Gasteiger partial charge in [-0.3, -0.25) is 0 Å². The molecule has 1 aromatic rings. The standard InChI is InChI=1S/C12H16BrNO/c13-11-3-1-10(2-4-11)12-7-9(8-15)5-6-14-12/h1-4,9,12,14-15H,5-8H2. The lowest BCUT2D eigenvalue weighted by Crippen LogP contribution is -2.33. The normalized spacial score (nSPS) is 26.5. The number of aliphatic hydroxyl groups excluding tert-OH is 1. The highest BCUT2D eigenvalue weighted by atomic mass is 79.9. The van der Waals surface area contributed by atoms with Crippen LogP contribution in [0.15, 0.2) is 28.7 Å². The van der Waals surface area contributed by atoms with Gasteiger partial charge in [-0.1, -0.05) is 28.1 Å². The second kappa shape index (κ2) is 5.10. The molecule has 0 aliphatic carbocycles. The van der Waals surface area contributed by atoms with Crippen molar-refractivity contribution in [3.05, 3.63) is 34.3 Å². The SMILES string of the molecule is OCC1CCNC(c2ccc(Br)cc2)C1. The fraction of sp³-hybridized carbons (Fsp3) is 0.500. The fourth-order valence-corrected chi connectivity index (χ4v) is 2.38. The van der Waals surface area contributed by atoms with Gasteiger partial charge in [-0.2, -0.15) is 0 Å². The summed E-state index contributed by atoms with van der Waals surface area (Å²) >= 11 is 3.43. The molecule has 2 nitrogen and oxygen atoms in total. The third kappa shape index (κ3) is 2.80. The second-order valence-electron chi connectivity index (χ2n) is 4.13. The van der Waals surface area contributed by atoms with Gasteiger partial charge in [0.25, 0.3) is 0 Å². The Kier molecular flexibility index (Phi) is 3.78. The molecule has 82 valence electrons. The third-order valence-corrected chi connectivity index (χ3v) is 3.57. The summed E-state index contributed by atoms with van der Waals surface area (Å²) in [5.74, 6) is 0.458. The molecule has 1 fully saturated rings. The van der Waals surface area contributed by atoms with Crippen LogP contribution in [0.1, 0.15) is 24.4 Å². The van der Waals surface area contributed by atoms with Gasteiger partial charge in [0.15, 0.2) is 0 Å². The van der Waals surface area contributed by atoms with Crippen LogP contribution in [0.25, 0.3) is 0 Å². The van der Waals surface area contributed by atoms with E-state index in [0.717, 1.165) is 23.9 Å². The van der Waals surface area contributed by atoms with Crippen molar-refractivity contribution in [2.45, 2.75) is 18.9 Å². The van der Waals surface area contributed by atoms with E-state index in [1.54, 1.807) is 0 Å². The van der Waals surface area contributed by atoms with Crippen molar-refractivity contribution in [2.24, 2.45) is 5.92 Å². The van der Waals surface area contributed by atoms with Crippen LogP contribution in [0, 0.1) is 5.92 Å². The average Bonchev–Trinajstić information content (AvgIpc) is 2.30. The smallest absolute Gasteiger partial charge is 0.0460 e. The summed E-state index contributed by atoms with van der Waals surface area (Å²) in [5, 5.41) is 12.7. The van der Waals surface area contributed by atoms with Gasteiger partial charge in [-0.25, -0.2) is 0 Å². The monoisotopic (exact) mass is 269 g/mol. The van der Waals surface area contributed by atoms with Crippen LogP contribution in [0.2, 0.25) is 0 Å². The molecule has 1 aromatic carbocycles. The van der Waals surface area contributed by atoms with Crippen LogP contribution in [-0.4, -0.2) is 18.3 Å². The summed E-state index contributed by atoms with van der Waals surface area (Å²) < 4.78 is 1.11. The summed E-state index contributed by atoms with van der Waals surface area (Å²) in [5.41, 5.74) is 1.32. The molecule has 15 heavy (non-hydrogen) atoms. The van der Waals surface area contributed by atoms with Gasteiger partial charge in [-0.15, -0.1) is 0 Å². The largest absolute Gasteiger partial charge is 0.396 e. The predicted molar refractivity (Wildman–Crippen MR) is 64.7 cm³/mol. The lowest BCUT2D eigenvalue weighted by atomic mass is 9.89. The quantitative estimate of drug-likeness (QED) is 0.865. The summed E-state index contributed by atoms with van der Waals surface area (Å²) in [6, 6.07) is 8.83. The first-order valence-corrected chi connectivity index (χ1v) is 6.18. The van der Waals surface area contributed by atoms with Crippen LogP contribution < -0.4 is 5.32 Å². The van der Waals surface area contributed by atoms with Gasteiger partial charge in [-0.05, 0) is 43.0 Å². The van der Waals surface area contributed by atoms with E-state index in [1.807, 2.05) is 0 Å². The zero-order valence-corrected chi connectivity index (χ0v) is 10.2. The van der Waals surface area contributed by atoms with Crippen molar-refractivity contribution in [1.29, 1.82) is 0 Å². The predicted octanol–water partition coefficient (Wildman–Crippen LogP) is 2.48. The van der Waals surface area contributed by atoms with Gasteiger partial charge >= 0.3 is 0 Å². The first kappa shape index (κ1) is 11.1. The van der Waals surface area contributed by atoms with Crippen LogP contribution >= 0.6 is 15.9 Å². The summed E-state index contributed by atoms with van der Waals surface area (Å²) in [7, 11) is 0. The fourth-order valence-electron chi connectivity index (χ4n) is 2.11. The van der Waals surface area contributed by atoms with Gasteiger partial charge < -0.3 is 10.4 Å². The number of halogens is 1. The molecule has 1 aliphatic heterocycles. The molecule has 0 radical (unpaired) electrons. The van der Waals surface area contributed by atoms with E-state index in [9.17, 15) is 0 Å². The Morgan fingerprint density at radius 3 is 2.73 bits per heavy atom. The van der Waals surface area contributed by atoms with E-state index in [0.29, 0.717) is 18.6 Å². The average molecular weight is 270 g/mol. The molecule has 1 saturated heterocycles. The Hall–Kier alpha value is -0.380. The Balaban J connectivity index is 2.06. The second-order valence-corrected chi connectivity index (χ2v) is 5.05. The molecule has 1 aliphatic rings. The van der Waals surface area contributed by atoms with E-state index in [-0.39, 0.29) is 0 Å². The van der Waals surface area contributed by atoms with Crippen molar-refractivity contribution in [3.63, 3.8) is 0 Å². The molecular weight excluding hydrogens is 254 g/mol. The van der Waals surface area contributed by atoms with Crippen LogP contribution in [0.4, 0.5) is 0 Å². The number of aliphatic hydroxyl groups is 1. The van der Waals surface area contributed by atoms with Gasteiger partial charge in [0.2, 0.25) is 0 Å². The molecule has 1 heterocycles. The Morgan fingerprint density at radius 1 is 1.33 bits per heavy atom. The van der Waals surface area contributed by atoms with Gasteiger partial charge in [0, 0.05) is 17.1 Å². The molecule has 0 saturated carbocycles. The summed E-state index contributed by atoms with van der Waals surface area (Å²) in [6.45, 7) is 1.32. The van der Waals surface area contributed by atoms with E-state index >= 15 is 0 Å². The molecule has 2 N–H and O–H groups in total. The van der Waals surface area contributed by atoms with Crippen LogP contribution in [0.5, 0.6) is 0 Å². The number of hydrogen-bond acceptors (Lipinski definition) is 2. The van der Waals surface area contributed by atoms with E-state index in [2.05, 4.69) is 45.5 Å². The zero-order chi connectivity index (χ0) is 10.7. The summed E-state index contributed by atoms with van der Waals surface area (Å²) in [6.07, 6.45) is 2.13. The van der Waals surface area contributed by atoms with Crippen LogP contribution in [0.3, 0.4) is 0 Å².